The van der Waals surface area contributed by atoms with Gasteiger partial charge in [-0.1, -0.05) is 11.2 Å². The van der Waals surface area contributed by atoms with Crippen LogP contribution in [-0.2, 0) is 0 Å². The van der Waals surface area contributed by atoms with Crippen LogP contribution in [0.1, 0.15) is 0 Å². The van der Waals surface area contributed by atoms with Crippen LogP contribution in [-0.4, -0.2) is 15.4 Å². The van der Waals surface area contributed by atoms with Crippen molar-refractivity contribution in [3.05, 3.63) is 42.8 Å². The van der Waals surface area contributed by atoms with Crippen molar-refractivity contribution in [1.29, 1.82) is 0 Å². The first-order valence-corrected chi connectivity index (χ1v) is 3.61. The minimum absolute atomic E-state index is 0.0880. The van der Waals surface area contributed by atoms with E-state index in [0.29, 0.717) is 0 Å². The van der Waals surface area contributed by atoms with Gasteiger partial charge in [0.15, 0.2) is 0 Å². The van der Waals surface area contributed by atoms with Gasteiger partial charge in [-0.15, -0.1) is 0 Å². The standard InChI is InChI=1S/C6H6O2.C3H3NO/c7-5-2-1-3-6(8)4-5;1-2-4-5-3-1/h1-4,7-8H;1-3H. The second-order valence-electron chi connectivity index (χ2n) is 2.21. The molecule has 0 aliphatic heterocycles. The first-order chi connectivity index (χ1) is 6.29. The number of hydrogen-bond acceptors (Lipinski definition) is 4. The van der Waals surface area contributed by atoms with Gasteiger partial charge in [-0.2, -0.15) is 0 Å². The first-order valence-electron chi connectivity index (χ1n) is 3.61. The largest absolute Gasteiger partial charge is 0.508 e. The summed E-state index contributed by atoms with van der Waals surface area (Å²) in [6.07, 6.45) is 3.10. The summed E-state index contributed by atoms with van der Waals surface area (Å²) in [4.78, 5) is 0. The van der Waals surface area contributed by atoms with Crippen molar-refractivity contribution in [2.45, 2.75) is 0 Å². The summed E-state index contributed by atoms with van der Waals surface area (Å²) in [5.74, 6) is 0.176. The second kappa shape index (κ2) is 4.82. The maximum Gasteiger partial charge on any atom is 0.123 e. The maximum atomic E-state index is 8.65. The molecule has 0 radical (unpaired) electrons. The highest BCUT2D eigenvalue weighted by Crippen LogP contribution is 2.14. The van der Waals surface area contributed by atoms with Gasteiger partial charge in [0.1, 0.15) is 17.8 Å². The van der Waals surface area contributed by atoms with Crippen molar-refractivity contribution >= 4 is 0 Å². The normalized spacial score (nSPS) is 8.62. The van der Waals surface area contributed by atoms with Gasteiger partial charge in [0.25, 0.3) is 0 Å². The van der Waals surface area contributed by atoms with Gasteiger partial charge in [-0.3, -0.25) is 0 Å². The molecule has 4 heteroatoms. The van der Waals surface area contributed by atoms with E-state index in [-0.39, 0.29) is 11.5 Å². The zero-order chi connectivity index (χ0) is 9.52. The molecule has 0 atom stereocenters. The number of benzene rings is 1. The lowest BCUT2D eigenvalue weighted by Gasteiger charge is -1.89. The van der Waals surface area contributed by atoms with Crippen LogP contribution in [0.15, 0.2) is 47.3 Å². The molecule has 0 spiro atoms. The number of hydrogen-bond donors (Lipinski definition) is 2. The fourth-order valence-corrected chi connectivity index (χ4v) is 0.669. The average Bonchev–Trinajstić information content (AvgIpc) is 2.59. The summed E-state index contributed by atoms with van der Waals surface area (Å²) in [6, 6.07) is 7.57. The summed E-state index contributed by atoms with van der Waals surface area (Å²) in [6.45, 7) is 0. The Bertz CT molecular complexity index is 298. The van der Waals surface area contributed by atoms with Crippen molar-refractivity contribution < 1.29 is 14.7 Å². The van der Waals surface area contributed by atoms with Gasteiger partial charge in [0, 0.05) is 6.07 Å². The first kappa shape index (κ1) is 9.12. The quantitative estimate of drug-likeness (QED) is 0.646. The van der Waals surface area contributed by atoms with E-state index in [1.165, 1.54) is 24.5 Å². The zero-order valence-electron chi connectivity index (χ0n) is 6.79. The molecule has 0 aliphatic carbocycles. The Morgan fingerprint density at radius 1 is 1.08 bits per heavy atom. The lowest BCUT2D eigenvalue weighted by molar-refractivity contribution is 0.420. The molecule has 2 aromatic rings. The van der Waals surface area contributed by atoms with E-state index in [4.69, 9.17) is 10.2 Å². The van der Waals surface area contributed by atoms with E-state index in [9.17, 15) is 0 Å². The third-order valence-corrected chi connectivity index (χ3v) is 1.18. The molecule has 0 saturated heterocycles. The average molecular weight is 179 g/mol. The number of aromatic hydroxyl groups is 2. The van der Waals surface area contributed by atoms with Gasteiger partial charge in [0.05, 0.1) is 6.20 Å². The van der Waals surface area contributed by atoms with Crippen LogP contribution in [0.5, 0.6) is 11.5 Å². The summed E-state index contributed by atoms with van der Waals surface area (Å²) in [5, 5.41) is 20.7. The van der Waals surface area contributed by atoms with Gasteiger partial charge in [-0.05, 0) is 18.2 Å². The fourth-order valence-electron chi connectivity index (χ4n) is 0.669. The van der Waals surface area contributed by atoms with Crippen molar-refractivity contribution in [2.24, 2.45) is 0 Å². The number of aromatic nitrogens is 1. The monoisotopic (exact) mass is 179 g/mol. The second-order valence-corrected chi connectivity index (χ2v) is 2.21. The minimum atomic E-state index is 0.0880. The van der Waals surface area contributed by atoms with Crippen molar-refractivity contribution in [2.75, 3.05) is 0 Å². The number of rotatable bonds is 0. The Morgan fingerprint density at radius 2 is 1.77 bits per heavy atom. The van der Waals surface area contributed by atoms with Gasteiger partial charge < -0.3 is 14.7 Å². The summed E-state index contributed by atoms with van der Waals surface area (Å²) in [5.41, 5.74) is 0. The van der Waals surface area contributed by atoms with E-state index >= 15 is 0 Å². The molecule has 0 saturated carbocycles. The highest BCUT2D eigenvalue weighted by Gasteiger charge is 1.85. The summed E-state index contributed by atoms with van der Waals surface area (Å²) >= 11 is 0. The Kier molecular flexibility index (Phi) is 3.38. The minimum Gasteiger partial charge on any atom is -0.508 e. The van der Waals surface area contributed by atoms with Crippen LogP contribution in [0.4, 0.5) is 0 Å². The molecular weight excluding hydrogens is 170 g/mol. The Balaban J connectivity index is 0.000000145. The van der Waals surface area contributed by atoms with Crippen molar-refractivity contribution in [1.82, 2.24) is 5.16 Å². The van der Waals surface area contributed by atoms with E-state index in [1.807, 2.05) is 0 Å². The van der Waals surface area contributed by atoms with Gasteiger partial charge in [0.2, 0.25) is 0 Å². The third kappa shape index (κ3) is 3.81. The highest BCUT2D eigenvalue weighted by atomic mass is 16.5. The van der Waals surface area contributed by atoms with E-state index in [1.54, 1.807) is 18.3 Å². The van der Waals surface area contributed by atoms with Crippen LogP contribution in [0, 0.1) is 0 Å². The zero-order valence-corrected chi connectivity index (χ0v) is 6.79. The van der Waals surface area contributed by atoms with Crippen molar-refractivity contribution in [3.63, 3.8) is 0 Å². The molecule has 0 unspecified atom stereocenters. The molecule has 1 heterocycles. The van der Waals surface area contributed by atoms with E-state index < -0.39 is 0 Å². The molecule has 1 aromatic heterocycles. The lowest BCUT2D eigenvalue weighted by Crippen LogP contribution is -1.61. The fraction of sp³-hybridized carbons (Fsp3) is 0. The molecule has 1 aromatic carbocycles. The molecule has 68 valence electrons. The molecule has 4 nitrogen and oxygen atoms in total. The number of nitrogens with zero attached hydrogens (tertiary/aromatic N) is 1. The molecule has 0 aliphatic rings. The number of phenols is 2. The van der Waals surface area contributed by atoms with Gasteiger partial charge in [-0.25, -0.2) is 0 Å². The van der Waals surface area contributed by atoms with Crippen LogP contribution < -0.4 is 0 Å². The Labute approximate surface area is 75.0 Å². The molecule has 0 bridgehead atoms. The van der Waals surface area contributed by atoms with E-state index in [2.05, 4.69) is 9.68 Å². The molecule has 0 fully saturated rings. The predicted molar refractivity (Wildman–Crippen MR) is 46.3 cm³/mol. The topological polar surface area (TPSA) is 66.5 Å². The molecule has 13 heavy (non-hydrogen) atoms. The molecular formula is C9H9NO3. The van der Waals surface area contributed by atoms with Crippen LogP contribution >= 0.6 is 0 Å². The van der Waals surface area contributed by atoms with Crippen molar-refractivity contribution in [3.8, 4) is 11.5 Å². The predicted octanol–water partition coefficient (Wildman–Crippen LogP) is 1.77. The smallest absolute Gasteiger partial charge is 0.123 e. The lowest BCUT2D eigenvalue weighted by atomic mass is 10.3. The van der Waals surface area contributed by atoms with Crippen LogP contribution in [0.25, 0.3) is 0 Å². The highest BCUT2D eigenvalue weighted by molar-refractivity contribution is 5.30. The molecule has 2 N–H and O–H groups in total. The van der Waals surface area contributed by atoms with E-state index in [0.717, 1.165) is 0 Å². The molecule has 0 amide bonds. The Hall–Kier alpha value is -1.97. The Morgan fingerprint density at radius 3 is 2.00 bits per heavy atom. The third-order valence-electron chi connectivity index (χ3n) is 1.18. The molecule has 2 rings (SSSR count). The summed E-state index contributed by atoms with van der Waals surface area (Å²) in [7, 11) is 0. The number of phenolic OH excluding ortho intramolecular Hbond substituents is 2. The maximum absolute atomic E-state index is 8.65. The van der Waals surface area contributed by atoms with Gasteiger partial charge >= 0.3 is 0 Å². The van der Waals surface area contributed by atoms with Crippen LogP contribution in [0.3, 0.4) is 0 Å². The van der Waals surface area contributed by atoms with Crippen LogP contribution in [0.2, 0.25) is 0 Å². The summed E-state index contributed by atoms with van der Waals surface area (Å²) < 4.78 is 4.33. The SMILES string of the molecule is Oc1cccc(O)c1.c1cnoc1.